The van der Waals surface area contributed by atoms with Crippen LogP contribution in [0.1, 0.15) is 25.8 Å². The number of nitrogens with zero attached hydrogens (tertiary/aromatic N) is 5. The number of fused-ring (bicyclic) bond motifs is 1. The second kappa shape index (κ2) is 8.30. The molecule has 0 spiro atoms. The minimum atomic E-state index is -0.388. The number of rotatable bonds is 7. The van der Waals surface area contributed by atoms with Gasteiger partial charge in [0.25, 0.3) is 5.56 Å². The molecule has 0 unspecified atom stereocenters. The van der Waals surface area contributed by atoms with Gasteiger partial charge >= 0.3 is 0 Å². The van der Waals surface area contributed by atoms with Crippen LogP contribution in [0.4, 0.5) is 0 Å². The van der Waals surface area contributed by atoms with E-state index in [9.17, 15) is 9.59 Å². The number of aromatic nitrogens is 5. The maximum absolute atomic E-state index is 12.6. The minimum Gasteiger partial charge on any atom is -0.355 e. The fraction of sp³-hybridized carbons (Fsp3) is 0.389. The van der Waals surface area contributed by atoms with Crippen LogP contribution < -0.4 is 10.9 Å². The zero-order valence-corrected chi connectivity index (χ0v) is 16.0. The van der Waals surface area contributed by atoms with Crippen molar-refractivity contribution in [3.05, 3.63) is 51.5 Å². The smallest absolute Gasteiger partial charge is 0.283 e. The molecule has 0 aliphatic rings. The van der Waals surface area contributed by atoms with Crippen LogP contribution in [-0.4, -0.2) is 37.0 Å². The monoisotopic (exact) mass is 388 g/mol. The lowest BCUT2D eigenvalue weighted by molar-refractivity contribution is -0.121. The quantitative estimate of drug-likeness (QED) is 0.666. The van der Waals surface area contributed by atoms with Crippen molar-refractivity contribution in [2.45, 2.75) is 33.4 Å². The Morgan fingerprint density at radius 3 is 2.70 bits per heavy atom. The summed E-state index contributed by atoms with van der Waals surface area (Å²) in [5, 5.41) is 11.4. The largest absolute Gasteiger partial charge is 0.355 e. The lowest BCUT2D eigenvalue weighted by Gasteiger charge is -2.08. The topological polar surface area (TPSA) is 94.7 Å². The Morgan fingerprint density at radius 2 is 2.00 bits per heavy atom. The predicted octanol–water partition coefficient (Wildman–Crippen LogP) is 1.85. The van der Waals surface area contributed by atoms with Gasteiger partial charge in [0.15, 0.2) is 11.2 Å². The predicted molar refractivity (Wildman–Crippen MR) is 103 cm³/mol. The van der Waals surface area contributed by atoms with Gasteiger partial charge in [0.05, 0.1) is 6.54 Å². The van der Waals surface area contributed by atoms with Crippen molar-refractivity contribution >= 4 is 28.7 Å². The molecular weight excluding hydrogens is 368 g/mol. The molecule has 27 heavy (non-hydrogen) atoms. The van der Waals surface area contributed by atoms with E-state index in [1.54, 1.807) is 16.8 Å². The lowest BCUT2D eigenvalue weighted by Crippen LogP contribution is -2.33. The van der Waals surface area contributed by atoms with Crippen LogP contribution in [0.2, 0.25) is 5.02 Å². The molecule has 142 valence electrons. The van der Waals surface area contributed by atoms with E-state index in [-0.39, 0.29) is 23.5 Å². The van der Waals surface area contributed by atoms with Crippen molar-refractivity contribution in [3.63, 3.8) is 0 Å². The van der Waals surface area contributed by atoms with Crippen molar-refractivity contribution in [3.8, 4) is 0 Å². The summed E-state index contributed by atoms with van der Waals surface area (Å²) in [5.74, 6) is 0.272. The first kappa shape index (κ1) is 19.0. The number of hydrogen-bond acceptors (Lipinski definition) is 5. The van der Waals surface area contributed by atoms with Gasteiger partial charge in [0.2, 0.25) is 5.91 Å². The van der Waals surface area contributed by atoms with E-state index in [1.165, 1.54) is 10.9 Å². The van der Waals surface area contributed by atoms with Crippen LogP contribution >= 0.6 is 11.6 Å². The molecule has 8 nitrogen and oxygen atoms in total. The summed E-state index contributed by atoms with van der Waals surface area (Å²) in [6.07, 6.45) is 2.24. The summed E-state index contributed by atoms with van der Waals surface area (Å²) in [6.45, 7) is 5.08. The molecule has 2 heterocycles. The molecular formula is C18H21ClN6O2. The van der Waals surface area contributed by atoms with Crippen molar-refractivity contribution < 1.29 is 4.79 Å². The van der Waals surface area contributed by atoms with E-state index in [2.05, 4.69) is 34.5 Å². The summed E-state index contributed by atoms with van der Waals surface area (Å²) >= 11 is 5.89. The molecule has 0 bridgehead atoms. The average Bonchev–Trinajstić information content (AvgIpc) is 3.03. The van der Waals surface area contributed by atoms with E-state index in [0.717, 1.165) is 12.0 Å². The van der Waals surface area contributed by atoms with E-state index in [0.29, 0.717) is 29.7 Å². The third-order valence-corrected chi connectivity index (χ3v) is 4.35. The van der Waals surface area contributed by atoms with Crippen LogP contribution in [-0.2, 0) is 17.9 Å². The van der Waals surface area contributed by atoms with Gasteiger partial charge in [-0.05, 0) is 30.0 Å². The molecule has 0 radical (unpaired) electrons. The number of hydrogen-bond donors (Lipinski definition) is 1. The number of carbonyl (C=O) groups excluding carboxylic acids is 1. The summed E-state index contributed by atoms with van der Waals surface area (Å²) in [6, 6.07) is 7.32. The highest BCUT2D eigenvalue weighted by molar-refractivity contribution is 6.30. The van der Waals surface area contributed by atoms with Crippen LogP contribution in [0.5, 0.6) is 0 Å². The Labute approximate surface area is 161 Å². The van der Waals surface area contributed by atoms with Crippen molar-refractivity contribution in [2.24, 2.45) is 5.92 Å². The third-order valence-electron chi connectivity index (χ3n) is 4.10. The number of benzene rings is 1. The SMILES string of the molecule is CC(C)CCNC(=O)Cn1cnc2c(nnn2Cc2ccc(Cl)cc2)c1=O. The third kappa shape index (κ3) is 4.71. The standard InChI is InChI=1S/C18H21ClN6O2/c1-12(2)7-8-20-15(26)10-24-11-21-17-16(18(24)27)22-23-25(17)9-13-3-5-14(19)6-4-13/h3-6,11-12H,7-10H2,1-2H3,(H,20,26). The lowest BCUT2D eigenvalue weighted by atomic mass is 10.1. The fourth-order valence-corrected chi connectivity index (χ4v) is 2.71. The Kier molecular flexibility index (Phi) is 5.85. The number of carbonyl (C=O) groups is 1. The number of nitrogens with one attached hydrogen (secondary N) is 1. The molecule has 0 fully saturated rings. The van der Waals surface area contributed by atoms with Crippen LogP contribution in [0.3, 0.4) is 0 Å². The molecule has 0 aliphatic heterocycles. The van der Waals surface area contributed by atoms with Gasteiger partial charge in [-0.3, -0.25) is 14.2 Å². The van der Waals surface area contributed by atoms with Gasteiger partial charge in [0, 0.05) is 11.6 Å². The second-order valence-corrected chi connectivity index (χ2v) is 7.19. The summed E-state index contributed by atoms with van der Waals surface area (Å²) in [5.41, 5.74) is 1.09. The highest BCUT2D eigenvalue weighted by Crippen LogP contribution is 2.12. The van der Waals surface area contributed by atoms with Crippen molar-refractivity contribution in [2.75, 3.05) is 6.54 Å². The molecule has 1 N–H and O–H groups in total. The van der Waals surface area contributed by atoms with Gasteiger partial charge in [-0.2, -0.15) is 0 Å². The molecule has 1 amide bonds. The van der Waals surface area contributed by atoms with Crippen LogP contribution in [0.25, 0.3) is 11.2 Å². The van der Waals surface area contributed by atoms with Gasteiger partial charge in [0.1, 0.15) is 12.9 Å². The number of amides is 1. The Hall–Kier alpha value is -2.74. The van der Waals surface area contributed by atoms with Gasteiger partial charge < -0.3 is 5.32 Å². The molecule has 0 aliphatic carbocycles. The summed E-state index contributed by atoms with van der Waals surface area (Å²) < 4.78 is 2.79. The maximum Gasteiger partial charge on any atom is 0.283 e. The normalized spacial score (nSPS) is 11.3. The zero-order chi connectivity index (χ0) is 19.4. The highest BCUT2D eigenvalue weighted by Gasteiger charge is 2.14. The molecule has 3 aromatic rings. The van der Waals surface area contributed by atoms with Crippen molar-refractivity contribution in [1.82, 2.24) is 29.9 Å². The molecule has 2 aromatic heterocycles. The molecule has 0 saturated heterocycles. The first-order valence-corrected chi connectivity index (χ1v) is 9.11. The van der Waals surface area contributed by atoms with Crippen molar-refractivity contribution in [1.29, 1.82) is 0 Å². The summed E-state index contributed by atoms with van der Waals surface area (Å²) in [7, 11) is 0. The van der Waals surface area contributed by atoms with Gasteiger partial charge in [-0.1, -0.05) is 42.8 Å². The highest BCUT2D eigenvalue weighted by atomic mass is 35.5. The minimum absolute atomic E-state index is 0.0933. The first-order chi connectivity index (χ1) is 12.9. The molecule has 1 aromatic carbocycles. The number of halogens is 1. The van der Waals surface area contributed by atoms with E-state index in [1.807, 2.05) is 12.1 Å². The van der Waals surface area contributed by atoms with Gasteiger partial charge in [-0.15, -0.1) is 5.10 Å². The molecule has 3 rings (SSSR count). The Bertz CT molecular complexity index is 993. The molecule has 0 atom stereocenters. The first-order valence-electron chi connectivity index (χ1n) is 8.74. The van der Waals surface area contributed by atoms with E-state index >= 15 is 0 Å². The fourth-order valence-electron chi connectivity index (χ4n) is 2.58. The van der Waals surface area contributed by atoms with E-state index in [4.69, 9.17) is 11.6 Å². The van der Waals surface area contributed by atoms with E-state index < -0.39 is 0 Å². The molecule has 0 saturated carbocycles. The molecule has 9 heteroatoms. The summed E-state index contributed by atoms with van der Waals surface area (Å²) in [4.78, 5) is 28.8. The van der Waals surface area contributed by atoms with Gasteiger partial charge in [-0.25, -0.2) is 9.67 Å². The maximum atomic E-state index is 12.6. The Morgan fingerprint density at radius 1 is 1.26 bits per heavy atom. The second-order valence-electron chi connectivity index (χ2n) is 6.76. The van der Waals surface area contributed by atoms with Crippen LogP contribution in [0.15, 0.2) is 35.4 Å². The van der Waals surface area contributed by atoms with Crippen LogP contribution in [0, 0.1) is 5.92 Å². The average molecular weight is 389 g/mol. The zero-order valence-electron chi connectivity index (χ0n) is 15.2. The Balaban J connectivity index is 1.75.